The monoisotopic (exact) mass is 316 g/mol. The Kier molecular flexibility index (Phi) is 2.76. The highest BCUT2D eigenvalue weighted by molar-refractivity contribution is 6.05. The summed E-state index contributed by atoms with van der Waals surface area (Å²) in [5, 5.41) is 7.13. The number of rotatable bonds is 2. The van der Waals surface area contributed by atoms with E-state index in [4.69, 9.17) is 0 Å². The van der Waals surface area contributed by atoms with Crippen molar-refractivity contribution in [2.24, 2.45) is 0 Å². The van der Waals surface area contributed by atoms with Crippen molar-refractivity contribution in [3.8, 4) is 0 Å². The summed E-state index contributed by atoms with van der Waals surface area (Å²) in [5.74, 6) is 1.15. The first-order chi connectivity index (χ1) is 11.8. The van der Waals surface area contributed by atoms with Gasteiger partial charge in [0.05, 0.1) is 12.7 Å². The molecule has 0 spiro atoms. The smallest absolute Gasteiger partial charge is 0.256 e. The molecule has 3 heterocycles. The normalized spacial score (nSPS) is 13.8. The molecule has 0 aliphatic carbocycles. The average molecular weight is 316 g/mol. The summed E-state index contributed by atoms with van der Waals surface area (Å²) in [4.78, 5) is 17.6. The van der Waals surface area contributed by atoms with Crippen LogP contribution >= 0.6 is 0 Å². The molecule has 0 saturated heterocycles. The Morgan fingerprint density at radius 2 is 1.88 bits per heavy atom. The minimum atomic E-state index is -0.0329. The fourth-order valence-corrected chi connectivity index (χ4v) is 3.61. The van der Waals surface area contributed by atoms with Gasteiger partial charge in [-0.25, -0.2) is 4.68 Å². The third-order valence-electron chi connectivity index (χ3n) is 4.77. The highest BCUT2D eigenvalue weighted by Gasteiger charge is 2.19. The summed E-state index contributed by atoms with van der Waals surface area (Å²) in [6.07, 6.45) is 1.84. The van der Waals surface area contributed by atoms with Gasteiger partial charge in [0.15, 0.2) is 0 Å². The first-order valence-corrected chi connectivity index (χ1v) is 8.10. The lowest BCUT2D eigenvalue weighted by atomic mass is 10.0. The number of H-pyrrole nitrogens is 1. The summed E-state index contributed by atoms with van der Waals surface area (Å²) in [5.41, 5.74) is 2.04. The van der Waals surface area contributed by atoms with Gasteiger partial charge < -0.3 is 9.88 Å². The van der Waals surface area contributed by atoms with Crippen molar-refractivity contribution in [1.29, 1.82) is 0 Å². The van der Waals surface area contributed by atoms with Crippen LogP contribution in [0.25, 0.3) is 21.7 Å². The van der Waals surface area contributed by atoms with Gasteiger partial charge in [-0.15, -0.1) is 0 Å². The van der Waals surface area contributed by atoms with Crippen molar-refractivity contribution < 1.29 is 0 Å². The van der Waals surface area contributed by atoms with Gasteiger partial charge in [-0.3, -0.25) is 4.79 Å². The number of nitrogens with one attached hydrogen (secondary N) is 1. The van der Waals surface area contributed by atoms with Crippen molar-refractivity contribution in [2.75, 3.05) is 11.4 Å². The Morgan fingerprint density at radius 1 is 1.00 bits per heavy atom. The van der Waals surface area contributed by atoms with Crippen LogP contribution in [0.2, 0.25) is 0 Å². The predicted molar refractivity (Wildman–Crippen MR) is 95.4 cm³/mol. The van der Waals surface area contributed by atoms with E-state index >= 15 is 0 Å². The van der Waals surface area contributed by atoms with Gasteiger partial charge in [0, 0.05) is 35.4 Å². The van der Waals surface area contributed by atoms with Crippen LogP contribution in [0.1, 0.15) is 5.56 Å². The van der Waals surface area contributed by atoms with Gasteiger partial charge in [0.2, 0.25) is 0 Å². The van der Waals surface area contributed by atoms with Crippen LogP contribution in [0.3, 0.4) is 0 Å². The highest BCUT2D eigenvalue weighted by Crippen LogP contribution is 2.25. The van der Waals surface area contributed by atoms with E-state index in [1.54, 1.807) is 0 Å². The summed E-state index contributed by atoms with van der Waals surface area (Å²) < 4.78 is 2.02. The van der Waals surface area contributed by atoms with E-state index in [2.05, 4.69) is 33.2 Å². The highest BCUT2D eigenvalue weighted by atomic mass is 16.1. The lowest BCUT2D eigenvalue weighted by molar-refractivity contribution is 0.686. The third-order valence-corrected chi connectivity index (χ3v) is 4.77. The molecule has 5 heteroatoms. The topological polar surface area (TPSA) is 53.9 Å². The van der Waals surface area contributed by atoms with Crippen LogP contribution < -0.4 is 10.5 Å². The number of aromatic nitrogens is 3. The number of aromatic amines is 1. The molecule has 0 fully saturated rings. The zero-order valence-electron chi connectivity index (χ0n) is 13.1. The number of anilines is 1. The first kappa shape index (κ1) is 13.4. The molecule has 1 aliphatic rings. The van der Waals surface area contributed by atoms with Gasteiger partial charge in [-0.05, 0) is 23.1 Å². The van der Waals surface area contributed by atoms with Crippen molar-refractivity contribution in [1.82, 2.24) is 14.8 Å². The van der Waals surface area contributed by atoms with Gasteiger partial charge in [-0.1, -0.05) is 30.3 Å². The quantitative estimate of drug-likeness (QED) is 0.579. The number of hydrogen-bond acceptors (Lipinski definition) is 3. The van der Waals surface area contributed by atoms with E-state index in [1.165, 1.54) is 5.56 Å². The Labute approximate surface area is 138 Å². The maximum atomic E-state index is 12.3. The number of pyridine rings is 1. The second-order valence-electron chi connectivity index (χ2n) is 6.21. The molecule has 5 rings (SSSR count). The van der Waals surface area contributed by atoms with E-state index in [-0.39, 0.29) is 5.56 Å². The van der Waals surface area contributed by atoms with Crippen molar-refractivity contribution >= 4 is 27.5 Å². The third kappa shape index (κ3) is 1.94. The summed E-state index contributed by atoms with van der Waals surface area (Å²) in [7, 11) is 0. The minimum Gasteiger partial charge on any atom is -0.351 e. The Balaban J connectivity index is 1.59. The van der Waals surface area contributed by atoms with E-state index in [0.717, 1.165) is 47.1 Å². The van der Waals surface area contributed by atoms with Gasteiger partial charge in [0.25, 0.3) is 5.56 Å². The van der Waals surface area contributed by atoms with Crippen LogP contribution in [-0.2, 0) is 13.1 Å². The van der Waals surface area contributed by atoms with Gasteiger partial charge in [0.1, 0.15) is 5.82 Å². The molecule has 0 bridgehead atoms. The lowest BCUT2D eigenvalue weighted by Gasteiger charge is -2.17. The zero-order valence-corrected chi connectivity index (χ0v) is 13.1. The van der Waals surface area contributed by atoms with Gasteiger partial charge >= 0.3 is 0 Å². The molecule has 0 amide bonds. The molecule has 0 radical (unpaired) electrons. The van der Waals surface area contributed by atoms with Crippen LogP contribution in [0.4, 0.5) is 5.82 Å². The lowest BCUT2D eigenvalue weighted by Crippen LogP contribution is -2.19. The SMILES string of the molecule is O=c1[nH]c2cc(CN3CCn4nccc43)ccc2c2ccccc12. The summed E-state index contributed by atoms with van der Waals surface area (Å²) in [6, 6.07) is 16.1. The van der Waals surface area contributed by atoms with Crippen LogP contribution in [0, 0.1) is 0 Å². The summed E-state index contributed by atoms with van der Waals surface area (Å²) >= 11 is 0. The van der Waals surface area contributed by atoms with Crippen LogP contribution in [-0.4, -0.2) is 21.3 Å². The number of hydrogen-bond donors (Lipinski definition) is 1. The second kappa shape index (κ2) is 4.96. The molecule has 1 aliphatic heterocycles. The van der Waals surface area contributed by atoms with Crippen LogP contribution in [0.15, 0.2) is 59.5 Å². The molecular weight excluding hydrogens is 300 g/mol. The summed E-state index contributed by atoms with van der Waals surface area (Å²) in [6.45, 7) is 2.71. The molecule has 0 unspecified atom stereocenters. The number of benzene rings is 2. The molecule has 2 aromatic heterocycles. The Hall–Kier alpha value is -3.08. The van der Waals surface area contributed by atoms with Crippen LogP contribution in [0.5, 0.6) is 0 Å². The number of nitrogens with zero attached hydrogens (tertiary/aromatic N) is 3. The van der Waals surface area contributed by atoms with E-state index in [0.29, 0.717) is 0 Å². The maximum absolute atomic E-state index is 12.3. The fraction of sp³-hybridized carbons (Fsp3) is 0.158. The van der Waals surface area contributed by atoms with E-state index in [1.807, 2.05) is 41.2 Å². The predicted octanol–water partition coefficient (Wildman–Crippen LogP) is 2.90. The Bertz CT molecular complexity index is 1130. The zero-order chi connectivity index (χ0) is 16.1. The molecular formula is C19H16N4O. The van der Waals surface area contributed by atoms with Gasteiger partial charge in [-0.2, -0.15) is 5.10 Å². The molecule has 24 heavy (non-hydrogen) atoms. The molecule has 4 aromatic rings. The first-order valence-electron chi connectivity index (χ1n) is 8.10. The van der Waals surface area contributed by atoms with Crippen molar-refractivity contribution in [2.45, 2.75) is 13.1 Å². The molecule has 1 N–H and O–H groups in total. The number of fused-ring (bicyclic) bond motifs is 4. The van der Waals surface area contributed by atoms with E-state index in [9.17, 15) is 4.79 Å². The molecule has 118 valence electrons. The fourth-order valence-electron chi connectivity index (χ4n) is 3.61. The average Bonchev–Trinajstić information content (AvgIpc) is 3.20. The minimum absolute atomic E-state index is 0.0329. The molecule has 0 atom stereocenters. The molecule has 2 aromatic carbocycles. The second-order valence-corrected chi connectivity index (χ2v) is 6.21. The Morgan fingerprint density at radius 3 is 2.79 bits per heavy atom. The molecule has 0 saturated carbocycles. The largest absolute Gasteiger partial charge is 0.351 e. The van der Waals surface area contributed by atoms with E-state index < -0.39 is 0 Å². The van der Waals surface area contributed by atoms with Crippen molar-refractivity contribution in [3.63, 3.8) is 0 Å². The van der Waals surface area contributed by atoms with Crippen molar-refractivity contribution in [3.05, 3.63) is 70.6 Å². The maximum Gasteiger partial charge on any atom is 0.256 e. The standard InChI is InChI=1S/C19H16N4O/c24-19-16-4-2-1-3-14(16)15-6-5-13(11-17(15)21-19)12-22-9-10-23-18(22)7-8-20-23/h1-8,11H,9-10,12H2,(H,21,24). The molecule has 5 nitrogen and oxygen atoms in total.